The van der Waals surface area contributed by atoms with Crippen molar-refractivity contribution < 1.29 is 23.6 Å². The molecule has 1 spiro atoms. The molecule has 1 aromatic rings. The SMILES string of the molecule is CC1CCC2(CC1)NC(=O)N(NC(=O)[C@H]1CC(=O)N(c3ccccc3F)C1)C2=O. The van der Waals surface area contributed by atoms with Crippen LogP contribution in [0.25, 0.3) is 0 Å². The first-order valence-electron chi connectivity index (χ1n) is 9.83. The molecule has 2 aliphatic heterocycles. The van der Waals surface area contributed by atoms with Gasteiger partial charge in [-0.1, -0.05) is 19.1 Å². The summed E-state index contributed by atoms with van der Waals surface area (Å²) < 4.78 is 14.0. The van der Waals surface area contributed by atoms with Gasteiger partial charge < -0.3 is 10.2 Å². The quantitative estimate of drug-likeness (QED) is 0.752. The van der Waals surface area contributed by atoms with Crippen molar-refractivity contribution in [1.82, 2.24) is 15.8 Å². The smallest absolute Gasteiger partial charge is 0.322 e. The van der Waals surface area contributed by atoms with Crippen molar-refractivity contribution >= 4 is 29.4 Å². The molecule has 0 bridgehead atoms. The van der Waals surface area contributed by atoms with Crippen LogP contribution in [-0.2, 0) is 14.4 Å². The number of carbonyl (C=O) groups is 4. The van der Waals surface area contributed by atoms with Crippen LogP contribution >= 0.6 is 0 Å². The van der Waals surface area contributed by atoms with E-state index in [1.807, 2.05) is 0 Å². The first-order chi connectivity index (χ1) is 13.8. The normalized spacial score (nSPS) is 29.5. The number of amides is 5. The summed E-state index contributed by atoms with van der Waals surface area (Å²) in [6.45, 7) is 2.09. The lowest BCUT2D eigenvalue weighted by molar-refractivity contribution is -0.141. The molecule has 154 valence electrons. The summed E-state index contributed by atoms with van der Waals surface area (Å²) in [7, 11) is 0. The molecule has 29 heavy (non-hydrogen) atoms. The highest BCUT2D eigenvalue weighted by molar-refractivity contribution is 6.08. The molecule has 2 saturated heterocycles. The van der Waals surface area contributed by atoms with Crippen molar-refractivity contribution in [2.75, 3.05) is 11.4 Å². The van der Waals surface area contributed by atoms with Gasteiger partial charge in [0.15, 0.2) is 0 Å². The van der Waals surface area contributed by atoms with E-state index in [0.29, 0.717) is 18.8 Å². The second kappa shape index (κ2) is 7.13. The van der Waals surface area contributed by atoms with E-state index in [9.17, 15) is 23.6 Å². The number of hydrogen-bond donors (Lipinski definition) is 2. The summed E-state index contributed by atoms with van der Waals surface area (Å²) in [5, 5.41) is 3.46. The maximum absolute atomic E-state index is 14.0. The maximum atomic E-state index is 14.0. The maximum Gasteiger partial charge on any atom is 0.344 e. The zero-order chi connectivity index (χ0) is 20.8. The van der Waals surface area contributed by atoms with Crippen LogP contribution in [0.4, 0.5) is 14.9 Å². The zero-order valence-corrected chi connectivity index (χ0v) is 16.1. The second-order valence-electron chi connectivity index (χ2n) is 8.17. The highest BCUT2D eigenvalue weighted by Gasteiger charge is 2.53. The third kappa shape index (κ3) is 3.34. The van der Waals surface area contributed by atoms with Crippen LogP contribution < -0.4 is 15.6 Å². The molecule has 8 nitrogen and oxygen atoms in total. The Morgan fingerprint density at radius 2 is 1.90 bits per heavy atom. The first kappa shape index (κ1) is 19.4. The Bertz CT molecular complexity index is 881. The molecule has 4 rings (SSSR count). The van der Waals surface area contributed by atoms with Gasteiger partial charge in [0, 0.05) is 13.0 Å². The largest absolute Gasteiger partial charge is 0.344 e. The van der Waals surface area contributed by atoms with E-state index in [1.165, 1.54) is 23.1 Å². The average molecular weight is 402 g/mol. The summed E-state index contributed by atoms with van der Waals surface area (Å²) in [6, 6.07) is 5.18. The van der Waals surface area contributed by atoms with E-state index >= 15 is 0 Å². The van der Waals surface area contributed by atoms with E-state index in [0.717, 1.165) is 17.9 Å². The van der Waals surface area contributed by atoms with E-state index in [-0.39, 0.29) is 24.6 Å². The van der Waals surface area contributed by atoms with Gasteiger partial charge in [0.05, 0.1) is 11.6 Å². The summed E-state index contributed by atoms with van der Waals surface area (Å²) in [5.74, 6) is -2.30. The van der Waals surface area contributed by atoms with Crippen molar-refractivity contribution in [3.63, 3.8) is 0 Å². The Morgan fingerprint density at radius 1 is 1.21 bits per heavy atom. The molecule has 1 saturated carbocycles. The Labute approximate surface area is 167 Å². The predicted octanol–water partition coefficient (Wildman–Crippen LogP) is 1.71. The van der Waals surface area contributed by atoms with Gasteiger partial charge in [-0.3, -0.25) is 19.8 Å². The fourth-order valence-corrected chi connectivity index (χ4v) is 4.30. The van der Waals surface area contributed by atoms with Crippen molar-refractivity contribution in [2.45, 2.75) is 44.6 Å². The number of anilines is 1. The van der Waals surface area contributed by atoms with Crippen LogP contribution in [0, 0.1) is 17.7 Å². The number of para-hydroxylation sites is 1. The van der Waals surface area contributed by atoms with Gasteiger partial charge in [0.1, 0.15) is 11.4 Å². The molecule has 1 aliphatic carbocycles. The number of rotatable bonds is 3. The van der Waals surface area contributed by atoms with E-state index < -0.39 is 35.1 Å². The van der Waals surface area contributed by atoms with Gasteiger partial charge in [0.25, 0.3) is 5.91 Å². The molecule has 5 amide bonds. The van der Waals surface area contributed by atoms with Crippen molar-refractivity contribution in [3.8, 4) is 0 Å². The topological polar surface area (TPSA) is 98.8 Å². The third-order valence-electron chi connectivity index (χ3n) is 6.15. The van der Waals surface area contributed by atoms with Crippen molar-refractivity contribution in [3.05, 3.63) is 30.1 Å². The molecule has 1 atom stereocenters. The van der Waals surface area contributed by atoms with Gasteiger partial charge in [0.2, 0.25) is 11.8 Å². The Hall–Kier alpha value is -2.97. The molecule has 3 fully saturated rings. The molecular weight excluding hydrogens is 379 g/mol. The monoisotopic (exact) mass is 402 g/mol. The molecule has 3 aliphatic rings. The fraction of sp³-hybridized carbons (Fsp3) is 0.500. The molecule has 0 unspecified atom stereocenters. The molecule has 0 radical (unpaired) electrons. The lowest BCUT2D eigenvalue weighted by Crippen LogP contribution is -2.52. The molecule has 9 heteroatoms. The minimum absolute atomic E-state index is 0.0160. The number of benzene rings is 1. The fourth-order valence-electron chi connectivity index (χ4n) is 4.30. The Morgan fingerprint density at radius 3 is 2.59 bits per heavy atom. The van der Waals surface area contributed by atoms with Crippen LogP contribution in [0.2, 0.25) is 0 Å². The first-order valence-corrected chi connectivity index (χ1v) is 9.83. The number of hydrazine groups is 1. The lowest BCUT2D eigenvalue weighted by Gasteiger charge is -2.33. The number of nitrogens with zero attached hydrogens (tertiary/aromatic N) is 2. The summed E-state index contributed by atoms with van der Waals surface area (Å²) in [5.41, 5.74) is 1.52. The van der Waals surface area contributed by atoms with Crippen molar-refractivity contribution in [2.24, 2.45) is 11.8 Å². The van der Waals surface area contributed by atoms with Crippen LogP contribution in [0.5, 0.6) is 0 Å². The van der Waals surface area contributed by atoms with Gasteiger partial charge in [-0.05, 0) is 43.7 Å². The van der Waals surface area contributed by atoms with Crippen LogP contribution in [0.15, 0.2) is 24.3 Å². The molecule has 2 N–H and O–H groups in total. The molecule has 1 aromatic carbocycles. The zero-order valence-electron chi connectivity index (χ0n) is 16.1. The number of urea groups is 1. The molecule has 2 heterocycles. The number of carbonyl (C=O) groups excluding carboxylic acids is 4. The van der Waals surface area contributed by atoms with Gasteiger partial charge in [-0.2, -0.15) is 5.01 Å². The standard InChI is InChI=1S/C20H23FN4O4/c1-12-6-8-20(9-7-12)18(28)25(19(29)22-20)23-17(27)13-10-16(26)24(11-13)15-5-3-2-4-14(15)21/h2-5,12-13H,6-11H2,1H3,(H,22,29)(H,23,27)/t12?,13-,20?/m0/s1. The van der Waals surface area contributed by atoms with Crippen LogP contribution in [-0.4, -0.2) is 40.8 Å². The highest BCUT2D eigenvalue weighted by Crippen LogP contribution is 2.36. The predicted molar refractivity (Wildman–Crippen MR) is 101 cm³/mol. The molecular formula is C20H23FN4O4. The average Bonchev–Trinajstić information content (AvgIpc) is 3.18. The second-order valence-corrected chi connectivity index (χ2v) is 8.17. The minimum Gasteiger partial charge on any atom is -0.322 e. The van der Waals surface area contributed by atoms with Crippen LogP contribution in [0.3, 0.4) is 0 Å². The summed E-state index contributed by atoms with van der Waals surface area (Å²) in [4.78, 5) is 51.4. The number of nitrogens with one attached hydrogen (secondary N) is 2. The molecule has 0 aromatic heterocycles. The van der Waals surface area contributed by atoms with Gasteiger partial charge >= 0.3 is 6.03 Å². The van der Waals surface area contributed by atoms with Gasteiger partial charge in [-0.25, -0.2) is 9.18 Å². The Kier molecular flexibility index (Phi) is 4.76. The lowest BCUT2D eigenvalue weighted by atomic mass is 9.77. The van der Waals surface area contributed by atoms with Crippen molar-refractivity contribution in [1.29, 1.82) is 0 Å². The summed E-state index contributed by atoms with van der Waals surface area (Å²) >= 11 is 0. The Balaban J connectivity index is 1.43. The van der Waals surface area contributed by atoms with E-state index in [1.54, 1.807) is 6.07 Å². The number of hydrogen-bond acceptors (Lipinski definition) is 4. The van der Waals surface area contributed by atoms with Gasteiger partial charge in [-0.15, -0.1) is 0 Å². The van der Waals surface area contributed by atoms with E-state index in [4.69, 9.17) is 0 Å². The minimum atomic E-state index is -0.957. The summed E-state index contributed by atoms with van der Waals surface area (Å²) in [6.07, 6.45) is 2.60. The number of halogens is 1. The van der Waals surface area contributed by atoms with Crippen LogP contribution in [0.1, 0.15) is 39.0 Å². The highest BCUT2D eigenvalue weighted by atomic mass is 19.1. The van der Waals surface area contributed by atoms with E-state index in [2.05, 4.69) is 17.7 Å². The third-order valence-corrected chi connectivity index (χ3v) is 6.15. The number of imide groups is 1.